The molecule has 128 valence electrons. The third kappa shape index (κ3) is 3.15. The topological polar surface area (TPSA) is 54.3 Å². The van der Waals surface area contributed by atoms with Crippen LogP contribution in [0.25, 0.3) is 11.0 Å². The van der Waals surface area contributed by atoms with Crippen molar-refractivity contribution >= 4 is 33.9 Å². The Morgan fingerprint density at radius 1 is 0.846 bits per heavy atom. The quantitative estimate of drug-likeness (QED) is 0.508. The van der Waals surface area contributed by atoms with Gasteiger partial charge in [-0.2, -0.15) is 0 Å². The Kier molecular flexibility index (Phi) is 4.11. The first-order valence-electron chi connectivity index (χ1n) is 8.10. The maximum atomic E-state index is 13.7. The summed E-state index contributed by atoms with van der Waals surface area (Å²) in [6.45, 7) is 0. The molecular weight excluding hydrogens is 331 g/mol. The lowest BCUT2D eigenvalue weighted by atomic mass is 10.2. The van der Waals surface area contributed by atoms with E-state index in [-0.39, 0.29) is 5.56 Å². The van der Waals surface area contributed by atoms with Crippen molar-refractivity contribution in [3.05, 3.63) is 90.4 Å². The molecule has 2 N–H and O–H groups in total. The number of hydrogen-bond acceptors (Lipinski definition) is 3. The van der Waals surface area contributed by atoms with Gasteiger partial charge in [0.2, 0.25) is 0 Å². The molecule has 4 nitrogen and oxygen atoms in total. The summed E-state index contributed by atoms with van der Waals surface area (Å²) in [6.07, 6.45) is 1.65. The standard InChI is InChI=1S/C21H15FN2O2/c22-18-5-2-1-4-16(18)21(25)24-15-10-8-14(9-11-15)23-19-6-3-7-20-17(19)12-13-26-20/h1-13,23H,(H,24,25). The fourth-order valence-corrected chi connectivity index (χ4v) is 2.74. The van der Waals surface area contributed by atoms with Gasteiger partial charge >= 0.3 is 0 Å². The summed E-state index contributed by atoms with van der Waals surface area (Å²) in [5.74, 6) is -1.02. The maximum absolute atomic E-state index is 13.7. The van der Waals surface area contributed by atoms with E-state index in [1.807, 2.05) is 36.4 Å². The highest BCUT2D eigenvalue weighted by Gasteiger charge is 2.11. The third-order valence-corrected chi connectivity index (χ3v) is 4.04. The zero-order valence-electron chi connectivity index (χ0n) is 13.7. The molecule has 0 saturated heterocycles. The summed E-state index contributed by atoms with van der Waals surface area (Å²) < 4.78 is 19.1. The summed E-state index contributed by atoms with van der Waals surface area (Å²) in [7, 11) is 0. The molecule has 0 spiro atoms. The lowest BCUT2D eigenvalue weighted by Gasteiger charge is -2.10. The van der Waals surface area contributed by atoms with Gasteiger partial charge in [-0.15, -0.1) is 0 Å². The molecule has 0 aliphatic carbocycles. The van der Waals surface area contributed by atoms with Crippen LogP contribution in [0.2, 0.25) is 0 Å². The largest absolute Gasteiger partial charge is 0.464 e. The third-order valence-electron chi connectivity index (χ3n) is 4.04. The second kappa shape index (κ2) is 6.72. The van der Waals surface area contributed by atoms with Crippen molar-refractivity contribution in [2.24, 2.45) is 0 Å². The molecule has 4 aromatic rings. The minimum absolute atomic E-state index is 0.0151. The van der Waals surface area contributed by atoms with Crippen molar-refractivity contribution in [2.75, 3.05) is 10.6 Å². The van der Waals surface area contributed by atoms with Crippen LogP contribution < -0.4 is 10.6 Å². The summed E-state index contributed by atoms with van der Waals surface area (Å²) in [5.41, 5.74) is 3.21. The average Bonchev–Trinajstić information content (AvgIpc) is 3.13. The van der Waals surface area contributed by atoms with Crippen LogP contribution in [0.5, 0.6) is 0 Å². The first kappa shape index (κ1) is 15.9. The number of halogens is 1. The molecule has 0 fully saturated rings. The highest BCUT2D eigenvalue weighted by atomic mass is 19.1. The van der Waals surface area contributed by atoms with Crippen LogP contribution in [0, 0.1) is 5.82 Å². The van der Waals surface area contributed by atoms with E-state index in [0.29, 0.717) is 5.69 Å². The van der Waals surface area contributed by atoms with Gasteiger partial charge in [-0.05, 0) is 54.6 Å². The van der Waals surface area contributed by atoms with Gasteiger partial charge in [0.05, 0.1) is 11.8 Å². The fraction of sp³-hybridized carbons (Fsp3) is 0. The molecule has 1 heterocycles. The van der Waals surface area contributed by atoms with Crippen molar-refractivity contribution in [1.29, 1.82) is 0 Å². The van der Waals surface area contributed by atoms with Crippen LogP contribution >= 0.6 is 0 Å². The van der Waals surface area contributed by atoms with Crippen LogP contribution in [0.15, 0.2) is 83.5 Å². The van der Waals surface area contributed by atoms with E-state index in [1.165, 1.54) is 12.1 Å². The van der Waals surface area contributed by atoms with Gasteiger partial charge in [-0.25, -0.2) is 4.39 Å². The Balaban J connectivity index is 1.49. The highest BCUT2D eigenvalue weighted by molar-refractivity contribution is 6.04. The second-order valence-corrected chi connectivity index (χ2v) is 5.77. The van der Waals surface area contributed by atoms with E-state index in [4.69, 9.17) is 4.42 Å². The Morgan fingerprint density at radius 2 is 1.62 bits per heavy atom. The van der Waals surface area contributed by atoms with Gasteiger partial charge in [-0.3, -0.25) is 4.79 Å². The zero-order chi connectivity index (χ0) is 17.9. The molecule has 1 aromatic heterocycles. The Morgan fingerprint density at radius 3 is 2.42 bits per heavy atom. The van der Waals surface area contributed by atoms with Gasteiger partial charge < -0.3 is 15.1 Å². The van der Waals surface area contributed by atoms with Gasteiger partial charge in [0, 0.05) is 22.4 Å². The average molecular weight is 346 g/mol. The monoisotopic (exact) mass is 346 g/mol. The molecule has 0 saturated carbocycles. The predicted molar refractivity (Wildman–Crippen MR) is 100 cm³/mol. The molecule has 0 aliphatic rings. The molecule has 0 radical (unpaired) electrons. The first-order valence-corrected chi connectivity index (χ1v) is 8.10. The van der Waals surface area contributed by atoms with Crippen LogP contribution in [-0.2, 0) is 0 Å². The molecule has 4 rings (SSSR count). The number of furan rings is 1. The number of rotatable bonds is 4. The zero-order valence-corrected chi connectivity index (χ0v) is 13.7. The smallest absolute Gasteiger partial charge is 0.258 e. The van der Waals surface area contributed by atoms with Gasteiger partial charge in [0.1, 0.15) is 11.4 Å². The molecule has 0 atom stereocenters. The van der Waals surface area contributed by atoms with Crippen molar-refractivity contribution in [3.63, 3.8) is 0 Å². The van der Waals surface area contributed by atoms with Crippen LogP contribution in [-0.4, -0.2) is 5.91 Å². The minimum Gasteiger partial charge on any atom is -0.464 e. The van der Waals surface area contributed by atoms with Crippen molar-refractivity contribution in [3.8, 4) is 0 Å². The SMILES string of the molecule is O=C(Nc1ccc(Nc2cccc3occc23)cc1)c1ccccc1F. The summed E-state index contributed by atoms with van der Waals surface area (Å²) in [4.78, 5) is 12.2. The number of fused-ring (bicyclic) bond motifs is 1. The van der Waals surface area contributed by atoms with E-state index >= 15 is 0 Å². The van der Waals surface area contributed by atoms with E-state index in [2.05, 4.69) is 10.6 Å². The summed E-state index contributed by atoms with van der Waals surface area (Å²) in [6, 6.07) is 20.8. The number of anilines is 3. The predicted octanol–water partition coefficient (Wildman–Crippen LogP) is 5.57. The molecule has 1 amide bonds. The molecule has 5 heteroatoms. The summed E-state index contributed by atoms with van der Waals surface area (Å²) >= 11 is 0. The van der Waals surface area contributed by atoms with E-state index in [9.17, 15) is 9.18 Å². The molecule has 0 bridgehead atoms. The molecular formula is C21H15FN2O2. The van der Waals surface area contributed by atoms with Crippen LogP contribution in [0.4, 0.5) is 21.5 Å². The van der Waals surface area contributed by atoms with Gasteiger partial charge in [0.15, 0.2) is 0 Å². The van der Waals surface area contributed by atoms with Crippen LogP contribution in [0.3, 0.4) is 0 Å². The lowest BCUT2D eigenvalue weighted by Crippen LogP contribution is -2.13. The fourth-order valence-electron chi connectivity index (χ4n) is 2.74. The number of hydrogen-bond donors (Lipinski definition) is 2. The number of benzene rings is 3. The highest BCUT2D eigenvalue weighted by Crippen LogP contribution is 2.27. The molecule has 0 aliphatic heterocycles. The molecule has 26 heavy (non-hydrogen) atoms. The molecule has 3 aromatic carbocycles. The minimum atomic E-state index is -0.545. The van der Waals surface area contributed by atoms with E-state index in [1.54, 1.807) is 30.5 Å². The number of carbonyl (C=O) groups excluding carboxylic acids is 1. The Bertz CT molecular complexity index is 1070. The Hall–Kier alpha value is -3.60. The van der Waals surface area contributed by atoms with Crippen LogP contribution in [0.1, 0.15) is 10.4 Å². The summed E-state index contributed by atoms with van der Waals surface area (Å²) in [5, 5.41) is 7.01. The normalized spacial score (nSPS) is 10.7. The van der Waals surface area contributed by atoms with Gasteiger partial charge in [-0.1, -0.05) is 18.2 Å². The first-order chi connectivity index (χ1) is 12.7. The lowest BCUT2D eigenvalue weighted by molar-refractivity contribution is 0.102. The van der Waals surface area contributed by atoms with E-state index < -0.39 is 11.7 Å². The van der Waals surface area contributed by atoms with Crippen molar-refractivity contribution in [2.45, 2.75) is 0 Å². The Labute approximate surface area is 149 Å². The number of nitrogens with one attached hydrogen (secondary N) is 2. The van der Waals surface area contributed by atoms with Gasteiger partial charge in [0.25, 0.3) is 5.91 Å². The van der Waals surface area contributed by atoms with E-state index in [0.717, 1.165) is 22.3 Å². The number of carbonyl (C=O) groups is 1. The number of amides is 1. The second-order valence-electron chi connectivity index (χ2n) is 5.77. The van der Waals surface area contributed by atoms with Crippen molar-refractivity contribution < 1.29 is 13.6 Å². The molecule has 0 unspecified atom stereocenters. The van der Waals surface area contributed by atoms with Crippen molar-refractivity contribution in [1.82, 2.24) is 0 Å². The maximum Gasteiger partial charge on any atom is 0.258 e.